The van der Waals surface area contributed by atoms with Crippen LogP contribution in [0.5, 0.6) is 0 Å². The van der Waals surface area contributed by atoms with Gasteiger partial charge in [-0.25, -0.2) is 9.07 Å². The zero-order valence-corrected chi connectivity index (χ0v) is 11.9. The van der Waals surface area contributed by atoms with Crippen LogP contribution in [0.2, 0.25) is 0 Å². The summed E-state index contributed by atoms with van der Waals surface area (Å²) in [7, 11) is 0. The topological polar surface area (TPSA) is 55.6 Å². The van der Waals surface area contributed by atoms with Gasteiger partial charge < -0.3 is 5.32 Å². The lowest BCUT2D eigenvalue weighted by molar-refractivity contribution is 0.504. The van der Waals surface area contributed by atoms with Crippen LogP contribution in [0.1, 0.15) is 25.2 Å². The number of benzene rings is 1. The minimum atomic E-state index is -0.181. The van der Waals surface area contributed by atoms with Crippen LogP contribution in [-0.4, -0.2) is 26.8 Å². The summed E-state index contributed by atoms with van der Waals surface area (Å²) in [6.07, 6.45) is 0.578. The largest absolute Gasteiger partial charge is 0.310 e. The summed E-state index contributed by atoms with van der Waals surface area (Å²) in [4.78, 5) is 0. The van der Waals surface area contributed by atoms with Crippen LogP contribution < -0.4 is 5.32 Å². The molecule has 6 heteroatoms. The molecule has 0 spiro atoms. The zero-order valence-electron chi connectivity index (χ0n) is 11.9. The van der Waals surface area contributed by atoms with Gasteiger partial charge in [-0.15, -0.1) is 5.10 Å². The third-order valence-electron chi connectivity index (χ3n) is 2.99. The van der Waals surface area contributed by atoms with Gasteiger partial charge in [0.1, 0.15) is 5.82 Å². The van der Waals surface area contributed by atoms with Crippen molar-refractivity contribution in [2.75, 3.05) is 6.54 Å². The van der Waals surface area contributed by atoms with Gasteiger partial charge in [-0.05, 0) is 40.9 Å². The summed E-state index contributed by atoms with van der Waals surface area (Å²) in [5.74, 6) is 1.18. The molecule has 0 aliphatic rings. The van der Waals surface area contributed by atoms with E-state index >= 15 is 0 Å². The van der Waals surface area contributed by atoms with Crippen LogP contribution in [0.25, 0.3) is 0 Å². The highest BCUT2D eigenvalue weighted by molar-refractivity contribution is 5.17. The van der Waals surface area contributed by atoms with Gasteiger partial charge in [-0.2, -0.15) is 0 Å². The lowest BCUT2D eigenvalue weighted by atomic mass is 10.1. The van der Waals surface area contributed by atoms with Crippen molar-refractivity contribution in [1.29, 1.82) is 0 Å². The Morgan fingerprint density at radius 2 is 2.10 bits per heavy atom. The summed E-state index contributed by atoms with van der Waals surface area (Å²) in [5, 5.41) is 14.9. The van der Waals surface area contributed by atoms with Crippen molar-refractivity contribution in [3.05, 3.63) is 41.5 Å². The molecule has 1 N–H and O–H groups in total. The van der Waals surface area contributed by atoms with E-state index in [0.717, 1.165) is 12.4 Å². The Hall–Kier alpha value is -1.82. The molecule has 0 bridgehead atoms. The number of halogens is 1. The molecule has 0 amide bonds. The number of tetrazole rings is 1. The van der Waals surface area contributed by atoms with Crippen molar-refractivity contribution in [2.45, 2.75) is 33.4 Å². The van der Waals surface area contributed by atoms with E-state index in [4.69, 9.17) is 0 Å². The van der Waals surface area contributed by atoms with Crippen LogP contribution >= 0.6 is 0 Å². The summed E-state index contributed by atoms with van der Waals surface area (Å²) >= 11 is 0. The van der Waals surface area contributed by atoms with Gasteiger partial charge in [-0.3, -0.25) is 0 Å². The van der Waals surface area contributed by atoms with E-state index in [9.17, 15) is 4.39 Å². The second-order valence-electron chi connectivity index (χ2n) is 5.18. The molecule has 5 nitrogen and oxygen atoms in total. The Kier molecular flexibility index (Phi) is 5.17. The van der Waals surface area contributed by atoms with Crippen molar-refractivity contribution in [2.24, 2.45) is 5.92 Å². The highest BCUT2D eigenvalue weighted by atomic mass is 19.1. The SMILES string of the molecule is CC(C)CNCc1nnnn1CCc1ccccc1F. The lowest BCUT2D eigenvalue weighted by Crippen LogP contribution is -2.22. The maximum atomic E-state index is 13.5. The molecule has 0 aliphatic carbocycles. The molecular formula is C14H20FN5. The van der Waals surface area contributed by atoms with Crippen LogP contribution in [0.4, 0.5) is 4.39 Å². The van der Waals surface area contributed by atoms with Crippen molar-refractivity contribution >= 4 is 0 Å². The van der Waals surface area contributed by atoms with Gasteiger partial charge in [0.25, 0.3) is 0 Å². The molecule has 2 aromatic rings. The standard InChI is InChI=1S/C14H20FN5/c1-11(2)9-16-10-14-17-18-19-20(14)8-7-12-5-3-4-6-13(12)15/h3-6,11,16H,7-10H2,1-2H3. The molecule has 0 unspecified atom stereocenters. The van der Waals surface area contributed by atoms with Gasteiger partial charge in [0, 0.05) is 6.54 Å². The average Bonchev–Trinajstić information content (AvgIpc) is 2.85. The van der Waals surface area contributed by atoms with Crippen LogP contribution in [-0.2, 0) is 19.5 Å². The molecule has 108 valence electrons. The summed E-state index contributed by atoms with van der Waals surface area (Å²) in [6.45, 7) is 6.41. The number of nitrogens with zero attached hydrogens (tertiary/aromatic N) is 4. The highest BCUT2D eigenvalue weighted by Gasteiger charge is 2.07. The van der Waals surface area contributed by atoms with E-state index in [1.54, 1.807) is 16.8 Å². The van der Waals surface area contributed by atoms with Crippen LogP contribution in [0, 0.1) is 11.7 Å². The van der Waals surface area contributed by atoms with E-state index in [-0.39, 0.29) is 5.82 Å². The maximum Gasteiger partial charge on any atom is 0.165 e. The fourth-order valence-corrected chi connectivity index (χ4v) is 1.92. The number of aromatic nitrogens is 4. The van der Waals surface area contributed by atoms with Crippen molar-refractivity contribution < 1.29 is 4.39 Å². The quantitative estimate of drug-likeness (QED) is 0.838. The molecule has 0 radical (unpaired) electrons. The minimum Gasteiger partial charge on any atom is -0.310 e. The average molecular weight is 277 g/mol. The number of nitrogens with one attached hydrogen (secondary N) is 1. The van der Waals surface area contributed by atoms with E-state index in [1.807, 2.05) is 6.07 Å². The van der Waals surface area contributed by atoms with E-state index in [1.165, 1.54) is 6.07 Å². The van der Waals surface area contributed by atoms with Crippen molar-refractivity contribution in [1.82, 2.24) is 25.5 Å². The fourth-order valence-electron chi connectivity index (χ4n) is 1.92. The highest BCUT2D eigenvalue weighted by Crippen LogP contribution is 2.08. The van der Waals surface area contributed by atoms with Crippen LogP contribution in [0.3, 0.4) is 0 Å². The second-order valence-corrected chi connectivity index (χ2v) is 5.18. The van der Waals surface area contributed by atoms with Gasteiger partial charge in [0.05, 0.1) is 6.54 Å². The first kappa shape index (κ1) is 14.6. The lowest BCUT2D eigenvalue weighted by Gasteiger charge is -2.08. The second kappa shape index (κ2) is 7.09. The smallest absolute Gasteiger partial charge is 0.165 e. The van der Waals surface area contributed by atoms with E-state index < -0.39 is 0 Å². The minimum absolute atomic E-state index is 0.181. The molecule has 0 atom stereocenters. The first-order valence-electron chi connectivity index (χ1n) is 6.86. The molecule has 0 fully saturated rings. The van der Waals surface area contributed by atoms with E-state index in [0.29, 0.717) is 31.0 Å². The molecule has 0 aliphatic heterocycles. The Labute approximate surface area is 118 Å². The fraction of sp³-hybridized carbons (Fsp3) is 0.500. The molecule has 1 heterocycles. The van der Waals surface area contributed by atoms with Crippen molar-refractivity contribution in [3.63, 3.8) is 0 Å². The van der Waals surface area contributed by atoms with E-state index in [2.05, 4.69) is 34.7 Å². The van der Waals surface area contributed by atoms with Gasteiger partial charge >= 0.3 is 0 Å². The predicted octanol–water partition coefficient (Wildman–Crippen LogP) is 1.80. The molecule has 0 saturated heterocycles. The summed E-state index contributed by atoms with van der Waals surface area (Å²) < 4.78 is 15.3. The number of hydrogen-bond acceptors (Lipinski definition) is 4. The monoisotopic (exact) mass is 277 g/mol. The third-order valence-corrected chi connectivity index (χ3v) is 2.99. The molecule has 2 rings (SSSR count). The van der Waals surface area contributed by atoms with Crippen LogP contribution in [0.15, 0.2) is 24.3 Å². The maximum absolute atomic E-state index is 13.5. The van der Waals surface area contributed by atoms with Gasteiger partial charge in [-0.1, -0.05) is 32.0 Å². The van der Waals surface area contributed by atoms with Gasteiger partial charge in [0.15, 0.2) is 5.82 Å². The Morgan fingerprint density at radius 1 is 1.30 bits per heavy atom. The normalized spacial score (nSPS) is 11.2. The Bertz CT molecular complexity index is 538. The molecule has 1 aromatic carbocycles. The first-order chi connectivity index (χ1) is 9.66. The first-order valence-corrected chi connectivity index (χ1v) is 6.86. The van der Waals surface area contributed by atoms with Gasteiger partial charge in [0.2, 0.25) is 0 Å². The predicted molar refractivity (Wildman–Crippen MR) is 74.5 cm³/mol. The molecule has 0 saturated carbocycles. The number of hydrogen-bond donors (Lipinski definition) is 1. The molecule has 20 heavy (non-hydrogen) atoms. The Balaban J connectivity index is 1.90. The number of rotatable bonds is 7. The zero-order chi connectivity index (χ0) is 14.4. The van der Waals surface area contributed by atoms with Crippen molar-refractivity contribution in [3.8, 4) is 0 Å². The summed E-state index contributed by atoms with van der Waals surface area (Å²) in [5.41, 5.74) is 0.684. The number of aryl methyl sites for hydroxylation is 2. The molecular weight excluding hydrogens is 257 g/mol. The Morgan fingerprint density at radius 3 is 2.85 bits per heavy atom. The molecule has 1 aromatic heterocycles. The third kappa shape index (κ3) is 4.09. The summed E-state index contributed by atoms with van der Waals surface area (Å²) in [6, 6.07) is 6.79.